The van der Waals surface area contributed by atoms with Gasteiger partial charge >= 0.3 is 11.9 Å². The molecule has 16 heavy (non-hydrogen) atoms. The lowest BCUT2D eigenvalue weighted by atomic mass is 9.97. The molecule has 0 amide bonds. The molecule has 4 heteroatoms. The molecule has 4 nitrogen and oxygen atoms in total. The maximum absolute atomic E-state index is 10.8. The second kappa shape index (κ2) is 5.90. The van der Waals surface area contributed by atoms with Crippen LogP contribution in [-0.4, -0.2) is 22.2 Å². The molecule has 0 aliphatic carbocycles. The Labute approximate surface area is 93.5 Å². The van der Waals surface area contributed by atoms with E-state index in [0.717, 1.165) is 5.56 Å². The van der Waals surface area contributed by atoms with Crippen LogP contribution in [0.1, 0.15) is 18.4 Å². The molecule has 0 aromatic heterocycles. The SMILES string of the molecule is O=C(O)C[C@H](C[CH]c1ccccc1)C(=O)O. The molecule has 1 aromatic rings. The van der Waals surface area contributed by atoms with Crippen LogP contribution in [0.4, 0.5) is 0 Å². The predicted octanol–water partition coefficient (Wildman–Crippen LogP) is 1.80. The van der Waals surface area contributed by atoms with E-state index in [1.807, 2.05) is 30.3 Å². The number of hydrogen-bond donors (Lipinski definition) is 2. The number of benzene rings is 1. The Hall–Kier alpha value is -1.84. The Morgan fingerprint density at radius 1 is 1.19 bits per heavy atom. The number of hydrogen-bond acceptors (Lipinski definition) is 2. The van der Waals surface area contributed by atoms with E-state index in [1.54, 1.807) is 6.42 Å². The van der Waals surface area contributed by atoms with Crippen LogP contribution in [-0.2, 0) is 9.59 Å². The van der Waals surface area contributed by atoms with Crippen molar-refractivity contribution in [3.8, 4) is 0 Å². The number of carboxylic acids is 2. The monoisotopic (exact) mass is 221 g/mol. The van der Waals surface area contributed by atoms with Crippen LogP contribution in [0.25, 0.3) is 0 Å². The first-order chi connectivity index (χ1) is 7.59. The largest absolute Gasteiger partial charge is 0.481 e. The summed E-state index contributed by atoms with van der Waals surface area (Å²) < 4.78 is 0. The minimum atomic E-state index is -1.09. The Balaban J connectivity index is 2.50. The zero-order chi connectivity index (χ0) is 12.0. The quantitative estimate of drug-likeness (QED) is 0.768. The summed E-state index contributed by atoms with van der Waals surface area (Å²) in [6, 6.07) is 9.25. The molecule has 0 saturated carbocycles. The van der Waals surface area contributed by atoms with E-state index in [0.29, 0.717) is 0 Å². The zero-order valence-electron chi connectivity index (χ0n) is 8.67. The molecule has 0 aliphatic rings. The van der Waals surface area contributed by atoms with Crippen LogP contribution in [0.15, 0.2) is 30.3 Å². The number of rotatable bonds is 6. The predicted molar refractivity (Wildman–Crippen MR) is 57.8 cm³/mol. The first-order valence-corrected chi connectivity index (χ1v) is 4.92. The van der Waals surface area contributed by atoms with Gasteiger partial charge < -0.3 is 10.2 Å². The molecule has 0 aliphatic heterocycles. The minimum absolute atomic E-state index is 0.228. The molecular formula is C12H13O4. The average molecular weight is 221 g/mol. The third kappa shape index (κ3) is 4.13. The van der Waals surface area contributed by atoms with Crippen LogP contribution in [0.3, 0.4) is 0 Å². The molecule has 0 bridgehead atoms. The molecule has 0 fully saturated rings. The Morgan fingerprint density at radius 3 is 2.31 bits per heavy atom. The lowest BCUT2D eigenvalue weighted by molar-refractivity contribution is -0.148. The molecule has 2 N–H and O–H groups in total. The summed E-state index contributed by atoms with van der Waals surface area (Å²) in [7, 11) is 0. The Morgan fingerprint density at radius 2 is 1.81 bits per heavy atom. The van der Waals surface area contributed by atoms with Crippen LogP contribution < -0.4 is 0 Å². The maximum atomic E-state index is 10.8. The topological polar surface area (TPSA) is 74.6 Å². The average Bonchev–Trinajstić information content (AvgIpc) is 2.25. The van der Waals surface area contributed by atoms with Gasteiger partial charge in [0.2, 0.25) is 0 Å². The summed E-state index contributed by atoms with van der Waals surface area (Å²) in [5.74, 6) is -3.03. The highest BCUT2D eigenvalue weighted by atomic mass is 16.4. The van der Waals surface area contributed by atoms with Gasteiger partial charge in [0.1, 0.15) is 0 Å². The fourth-order valence-corrected chi connectivity index (χ4v) is 1.35. The van der Waals surface area contributed by atoms with Crippen molar-refractivity contribution in [1.82, 2.24) is 0 Å². The van der Waals surface area contributed by atoms with Gasteiger partial charge in [-0.1, -0.05) is 30.3 Å². The van der Waals surface area contributed by atoms with Gasteiger partial charge in [-0.3, -0.25) is 9.59 Å². The highest BCUT2D eigenvalue weighted by Gasteiger charge is 2.20. The number of carboxylic acid groups (broad SMARTS) is 2. The fraction of sp³-hybridized carbons (Fsp3) is 0.250. The molecule has 0 unspecified atom stereocenters. The fourth-order valence-electron chi connectivity index (χ4n) is 1.35. The first kappa shape index (κ1) is 12.2. The van der Waals surface area contributed by atoms with Crippen molar-refractivity contribution in [1.29, 1.82) is 0 Å². The summed E-state index contributed by atoms with van der Waals surface area (Å²) in [5, 5.41) is 17.4. The van der Waals surface area contributed by atoms with Crippen molar-refractivity contribution in [3.05, 3.63) is 42.3 Å². The van der Waals surface area contributed by atoms with Gasteiger partial charge in [0.05, 0.1) is 12.3 Å². The van der Waals surface area contributed by atoms with E-state index in [9.17, 15) is 9.59 Å². The van der Waals surface area contributed by atoms with E-state index < -0.39 is 17.9 Å². The third-order valence-electron chi connectivity index (χ3n) is 2.21. The van der Waals surface area contributed by atoms with Gasteiger partial charge in [0.15, 0.2) is 0 Å². The van der Waals surface area contributed by atoms with E-state index in [2.05, 4.69) is 0 Å². The van der Waals surface area contributed by atoms with Crippen molar-refractivity contribution in [2.45, 2.75) is 12.8 Å². The van der Waals surface area contributed by atoms with Crippen molar-refractivity contribution in [2.24, 2.45) is 5.92 Å². The summed E-state index contributed by atoms with van der Waals surface area (Å²) in [6.07, 6.45) is 1.62. The van der Waals surface area contributed by atoms with Gasteiger partial charge in [-0.25, -0.2) is 0 Å². The summed E-state index contributed by atoms with van der Waals surface area (Å²) in [5.41, 5.74) is 0.902. The van der Waals surface area contributed by atoms with Gasteiger partial charge in [-0.05, 0) is 18.4 Å². The van der Waals surface area contributed by atoms with Crippen molar-refractivity contribution < 1.29 is 19.8 Å². The normalized spacial score (nSPS) is 12.0. The second-order valence-electron chi connectivity index (χ2n) is 3.48. The summed E-state index contributed by atoms with van der Waals surface area (Å²) in [4.78, 5) is 21.2. The highest BCUT2D eigenvalue weighted by Crippen LogP contribution is 2.15. The van der Waals surface area contributed by atoms with Crippen LogP contribution in [0.5, 0.6) is 0 Å². The Kier molecular flexibility index (Phi) is 4.51. The third-order valence-corrected chi connectivity index (χ3v) is 2.21. The lowest BCUT2D eigenvalue weighted by Gasteiger charge is -2.08. The molecular weight excluding hydrogens is 208 g/mol. The minimum Gasteiger partial charge on any atom is -0.481 e. The molecule has 1 radical (unpaired) electrons. The van der Waals surface area contributed by atoms with Crippen molar-refractivity contribution in [3.63, 3.8) is 0 Å². The van der Waals surface area contributed by atoms with E-state index in [1.165, 1.54) is 0 Å². The number of carbonyl (C=O) groups is 2. The van der Waals surface area contributed by atoms with Crippen LogP contribution >= 0.6 is 0 Å². The second-order valence-corrected chi connectivity index (χ2v) is 3.48. The molecule has 85 valence electrons. The molecule has 1 rings (SSSR count). The van der Waals surface area contributed by atoms with Gasteiger partial charge in [-0.2, -0.15) is 0 Å². The molecule has 1 aromatic carbocycles. The Bertz CT molecular complexity index is 359. The van der Waals surface area contributed by atoms with Crippen LogP contribution in [0.2, 0.25) is 0 Å². The molecule has 0 spiro atoms. The van der Waals surface area contributed by atoms with Crippen LogP contribution in [0, 0.1) is 12.3 Å². The number of aliphatic carboxylic acids is 2. The zero-order valence-corrected chi connectivity index (χ0v) is 8.67. The molecule has 0 heterocycles. The highest BCUT2D eigenvalue weighted by molar-refractivity contribution is 5.77. The lowest BCUT2D eigenvalue weighted by Crippen LogP contribution is -2.18. The smallest absolute Gasteiger partial charge is 0.307 e. The molecule has 1 atom stereocenters. The summed E-state index contributed by atoms with van der Waals surface area (Å²) in [6.45, 7) is 0. The maximum Gasteiger partial charge on any atom is 0.307 e. The molecule has 0 saturated heterocycles. The summed E-state index contributed by atoms with van der Waals surface area (Å²) >= 11 is 0. The standard InChI is InChI=1S/C12H13O4/c13-11(14)8-10(12(15)16)7-6-9-4-2-1-3-5-9/h1-6,10H,7-8H2,(H,13,14)(H,15,16)/t10-/m0/s1. The van der Waals surface area contributed by atoms with Gasteiger partial charge in [-0.15, -0.1) is 0 Å². The first-order valence-electron chi connectivity index (χ1n) is 4.92. The van der Waals surface area contributed by atoms with E-state index in [4.69, 9.17) is 10.2 Å². The van der Waals surface area contributed by atoms with Gasteiger partial charge in [0.25, 0.3) is 0 Å². The van der Waals surface area contributed by atoms with E-state index >= 15 is 0 Å². The van der Waals surface area contributed by atoms with Crippen molar-refractivity contribution in [2.75, 3.05) is 0 Å². The van der Waals surface area contributed by atoms with Gasteiger partial charge in [0, 0.05) is 0 Å². The van der Waals surface area contributed by atoms with Crippen molar-refractivity contribution >= 4 is 11.9 Å². The van der Waals surface area contributed by atoms with E-state index in [-0.39, 0.29) is 12.8 Å².